The highest BCUT2D eigenvalue weighted by molar-refractivity contribution is 5.33. The Morgan fingerprint density at radius 1 is 0.933 bits per heavy atom. The summed E-state index contributed by atoms with van der Waals surface area (Å²) in [7, 11) is 3.62. The summed E-state index contributed by atoms with van der Waals surface area (Å²) in [5.74, 6) is 2.11. The fourth-order valence-electron chi connectivity index (χ4n) is 1.29. The number of nitrogens with one attached hydrogen (secondary N) is 2. The maximum Gasteiger partial charge on any atom is 0.227 e. The van der Waals surface area contributed by atoms with E-state index in [-0.39, 0.29) is 0 Å². The molecule has 0 aromatic carbocycles. The number of aromatic nitrogens is 3. The summed E-state index contributed by atoms with van der Waals surface area (Å²) in [6, 6.07) is 0. The van der Waals surface area contributed by atoms with Gasteiger partial charge in [-0.3, -0.25) is 0 Å². The molecule has 0 unspecified atom stereocenters. The van der Waals surface area contributed by atoms with Crippen molar-refractivity contribution in [2.75, 3.05) is 24.7 Å². The number of unbranched alkanes of at least 4 members (excludes halogenated alkanes) is 2. The molecule has 0 aliphatic carbocycles. The molecule has 1 heterocycles. The number of anilines is 2. The molecule has 0 aliphatic heterocycles. The van der Waals surface area contributed by atoms with E-state index in [0.29, 0.717) is 11.9 Å². The Kier molecular flexibility index (Phi) is 4.80. The van der Waals surface area contributed by atoms with E-state index in [1.54, 1.807) is 0 Å². The Hall–Kier alpha value is -1.39. The molecule has 0 atom stereocenters. The van der Waals surface area contributed by atoms with Crippen LogP contribution in [-0.4, -0.2) is 29.0 Å². The zero-order valence-corrected chi connectivity index (χ0v) is 9.67. The molecule has 0 bridgehead atoms. The van der Waals surface area contributed by atoms with Crippen molar-refractivity contribution in [3.05, 3.63) is 5.82 Å². The molecule has 5 heteroatoms. The van der Waals surface area contributed by atoms with Gasteiger partial charge >= 0.3 is 0 Å². The largest absolute Gasteiger partial charge is 0.357 e. The zero-order valence-electron chi connectivity index (χ0n) is 9.67. The molecule has 5 nitrogen and oxygen atoms in total. The zero-order chi connectivity index (χ0) is 11.1. The molecular weight excluding hydrogens is 190 g/mol. The third-order valence-corrected chi connectivity index (χ3v) is 2.13. The summed E-state index contributed by atoms with van der Waals surface area (Å²) in [5.41, 5.74) is 0. The van der Waals surface area contributed by atoms with Gasteiger partial charge in [-0.25, -0.2) is 0 Å². The third kappa shape index (κ3) is 3.69. The van der Waals surface area contributed by atoms with E-state index in [9.17, 15) is 0 Å². The molecule has 2 N–H and O–H groups in total. The lowest BCUT2D eigenvalue weighted by molar-refractivity contribution is 0.691. The summed E-state index contributed by atoms with van der Waals surface area (Å²) in [4.78, 5) is 12.8. The van der Waals surface area contributed by atoms with Crippen molar-refractivity contribution in [3.63, 3.8) is 0 Å². The number of nitrogens with zero attached hydrogens (tertiary/aromatic N) is 3. The molecule has 1 aromatic heterocycles. The first-order valence-corrected chi connectivity index (χ1v) is 5.40. The quantitative estimate of drug-likeness (QED) is 0.698. The molecule has 0 fully saturated rings. The van der Waals surface area contributed by atoms with Crippen molar-refractivity contribution in [1.29, 1.82) is 0 Å². The van der Waals surface area contributed by atoms with E-state index < -0.39 is 0 Å². The maximum absolute atomic E-state index is 4.30. The van der Waals surface area contributed by atoms with Gasteiger partial charge in [-0.05, 0) is 6.42 Å². The van der Waals surface area contributed by atoms with Crippen LogP contribution >= 0.6 is 0 Å². The van der Waals surface area contributed by atoms with Gasteiger partial charge in [-0.1, -0.05) is 19.8 Å². The lowest BCUT2D eigenvalue weighted by Gasteiger charge is -2.05. The predicted molar refractivity (Wildman–Crippen MR) is 62.1 cm³/mol. The van der Waals surface area contributed by atoms with Gasteiger partial charge in [0.15, 0.2) is 0 Å². The monoisotopic (exact) mass is 209 g/mol. The summed E-state index contributed by atoms with van der Waals surface area (Å²) in [5, 5.41) is 5.86. The maximum atomic E-state index is 4.30. The van der Waals surface area contributed by atoms with Gasteiger partial charge in [-0.2, -0.15) is 15.0 Å². The van der Waals surface area contributed by atoms with Crippen LogP contribution in [0, 0.1) is 0 Å². The summed E-state index contributed by atoms with van der Waals surface area (Å²) < 4.78 is 0. The SMILES string of the molecule is CCCCCc1nc(NC)nc(NC)n1. The second-order valence-corrected chi connectivity index (χ2v) is 3.36. The molecule has 15 heavy (non-hydrogen) atoms. The fraction of sp³-hybridized carbons (Fsp3) is 0.700. The van der Waals surface area contributed by atoms with Gasteiger partial charge < -0.3 is 10.6 Å². The molecule has 0 amide bonds. The Morgan fingerprint density at radius 3 is 2.00 bits per heavy atom. The molecule has 0 spiro atoms. The van der Waals surface area contributed by atoms with Crippen LogP contribution in [0.25, 0.3) is 0 Å². The van der Waals surface area contributed by atoms with E-state index in [1.165, 1.54) is 12.8 Å². The topological polar surface area (TPSA) is 62.7 Å². The Bertz CT molecular complexity index is 278. The fourth-order valence-corrected chi connectivity index (χ4v) is 1.29. The van der Waals surface area contributed by atoms with Crippen molar-refractivity contribution < 1.29 is 0 Å². The summed E-state index contributed by atoms with van der Waals surface area (Å²) >= 11 is 0. The van der Waals surface area contributed by atoms with Crippen LogP contribution in [0.2, 0.25) is 0 Å². The van der Waals surface area contributed by atoms with Crippen molar-refractivity contribution in [2.45, 2.75) is 32.6 Å². The molecule has 1 rings (SSSR count). The highest BCUT2D eigenvalue weighted by Gasteiger charge is 2.03. The lowest BCUT2D eigenvalue weighted by atomic mass is 10.2. The smallest absolute Gasteiger partial charge is 0.227 e. The van der Waals surface area contributed by atoms with Crippen LogP contribution in [0.5, 0.6) is 0 Å². The molecule has 84 valence electrons. The molecule has 0 aliphatic rings. The highest BCUT2D eigenvalue weighted by atomic mass is 15.2. The molecular formula is C10H19N5. The second-order valence-electron chi connectivity index (χ2n) is 3.36. The van der Waals surface area contributed by atoms with E-state index in [4.69, 9.17) is 0 Å². The standard InChI is InChI=1S/C10H19N5/c1-4-5-6-7-8-13-9(11-2)15-10(12-3)14-8/h4-7H2,1-3H3,(H2,11,12,13,14,15). The Labute approximate surface area is 90.7 Å². The summed E-state index contributed by atoms with van der Waals surface area (Å²) in [6.07, 6.45) is 4.48. The minimum Gasteiger partial charge on any atom is -0.357 e. The third-order valence-electron chi connectivity index (χ3n) is 2.13. The average Bonchev–Trinajstić information content (AvgIpc) is 2.29. The van der Waals surface area contributed by atoms with Crippen LogP contribution in [-0.2, 0) is 6.42 Å². The van der Waals surface area contributed by atoms with Crippen molar-refractivity contribution >= 4 is 11.9 Å². The van der Waals surface area contributed by atoms with Crippen LogP contribution in [0.15, 0.2) is 0 Å². The number of hydrogen-bond acceptors (Lipinski definition) is 5. The van der Waals surface area contributed by atoms with Crippen LogP contribution in [0.1, 0.15) is 32.0 Å². The average molecular weight is 209 g/mol. The first-order chi connectivity index (χ1) is 7.30. The van der Waals surface area contributed by atoms with Crippen molar-refractivity contribution in [1.82, 2.24) is 15.0 Å². The minimum absolute atomic E-state index is 0.626. The van der Waals surface area contributed by atoms with Gasteiger partial charge in [0.2, 0.25) is 11.9 Å². The Morgan fingerprint density at radius 2 is 1.53 bits per heavy atom. The van der Waals surface area contributed by atoms with E-state index >= 15 is 0 Å². The van der Waals surface area contributed by atoms with E-state index in [1.807, 2.05) is 14.1 Å². The predicted octanol–water partition coefficient (Wildman–Crippen LogP) is 1.69. The summed E-state index contributed by atoms with van der Waals surface area (Å²) in [6.45, 7) is 2.19. The lowest BCUT2D eigenvalue weighted by Crippen LogP contribution is -2.07. The first kappa shape index (κ1) is 11.7. The van der Waals surface area contributed by atoms with Gasteiger partial charge in [0, 0.05) is 20.5 Å². The van der Waals surface area contributed by atoms with Crippen molar-refractivity contribution in [3.8, 4) is 0 Å². The van der Waals surface area contributed by atoms with Crippen molar-refractivity contribution in [2.24, 2.45) is 0 Å². The highest BCUT2D eigenvalue weighted by Crippen LogP contribution is 2.07. The van der Waals surface area contributed by atoms with Gasteiger partial charge in [0.25, 0.3) is 0 Å². The van der Waals surface area contributed by atoms with Crippen LogP contribution in [0.3, 0.4) is 0 Å². The molecule has 0 saturated carbocycles. The molecule has 1 aromatic rings. The number of aryl methyl sites for hydroxylation is 1. The number of rotatable bonds is 6. The van der Waals surface area contributed by atoms with E-state index in [2.05, 4.69) is 32.5 Å². The Balaban J connectivity index is 2.68. The second kappa shape index (κ2) is 6.16. The normalized spacial score (nSPS) is 10.1. The first-order valence-electron chi connectivity index (χ1n) is 5.40. The van der Waals surface area contributed by atoms with Crippen LogP contribution < -0.4 is 10.6 Å². The minimum atomic E-state index is 0.626. The number of hydrogen-bond donors (Lipinski definition) is 2. The van der Waals surface area contributed by atoms with Gasteiger partial charge in [0.1, 0.15) is 5.82 Å². The molecule has 0 radical (unpaired) electrons. The van der Waals surface area contributed by atoms with Gasteiger partial charge in [-0.15, -0.1) is 0 Å². The van der Waals surface area contributed by atoms with E-state index in [0.717, 1.165) is 18.7 Å². The van der Waals surface area contributed by atoms with Gasteiger partial charge in [0.05, 0.1) is 0 Å². The van der Waals surface area contributed by atoms with Crippen LogP contribution in [0.4, 0.5) is 11.9 Å². The molecule has 0 saturated heterocycles.